The lowest BCUT2D eigenvalue weighted by atomic mass is 10.1. The summed E-state index contributed by atoms with van der Waals surface area (Å²) in [7, 11) is 0. The van der Waals surface area contributed by atoms with Crippen molar-refractivity contribution >= 4 is 33.2 Å². The van der Waals surface area contributed by atoms with Crippen LogP contribution in [0.4, 0.5) is 14.5 Å². The smallest absolute Gasteiger partial charge is 0.131 e. The fourth-order valence-electron chi connectivity index (χ4n) is 1.83. The number of rotatable bonds is 4. The molecule has 20 heavy (non-hydrogen) atoms. The highest BCUT2D eigenvalue weighted by molar-refractivity contribution is 9.10. The van der Waals surface area contributed by atoms with E-state index in [0.29, 0.717) is 16.3 Å². The van der Waals surface area contributed by atoms with E-state index in [1.807, 2.05) is 0 Å². The zero-order valence-corrected chi connectivity index (χ0v) is 12.7. The van der Waals surface area contributed by atoms with E-state index in [4.69, 9.17) is 17.3 Å². The van der Waals surface area contributed by atoms with Crippen LogP contribution in [0.3, 0.4) is 0 Å². The molecule has 1 unspecified atom stereocenters. The van der Waals surface area contributed by atoms with Gasteiger partial charge in [0.2, 0.25) is 0 Å². The molecule has 0 aliphatic rings. The third kappa shape index (κ3) is 3.48. The second kappa shape index (κ2) is 6.52. The number of hydrogen-bond donors (Lipinski definition) is 2. The number of nitrogens with one attached hydrogen (secondary N) is 1. The summed E-state index contributed by atoms with van der Waals surface area (Å²) in [4.78, 5) is 0. The van der Waals surface area contributed by atoms with E-state index in [-0.39, 0.29) is 6.54 Å². The topological polar surface area (TPSA) is 38.0 Å². The normalized spacial score (nSPS) is 12.2. The Morgan fingerprint density at radius 3 is 2.55 bits per heavy atom. The van der Waals surface area contributed by atoms with Gasteiger partial charge in [-0.3, -0.25) is 0 Å². The van der Waals surface area contributed by atoms with Crippen molar-refractivity contribution in [1.82, 2.24) is 0 Å². The van der Waals surface area contributed by atoms with Crippen LogP contribution >= 0.6 is 27.5 Å². The summed E-state index contributed by atoms with van der Waals surface area (Å²) < 4.78 is 27.5. The molecule has 2 nitrogen and oxygen atoms in total. The molecule has 0 saturated carbocycles. The number of anilines is 1. The Bertz CT molecular complexity index is 622. The maximum atomic E-state index is 13.8. The fraction of sp³-hybridized carbons (Fsp3) is 0.143. The van der Waals surface area contributed by atoms with Crippen molar-refractivity contribution < 1.29 is 8.78 Å². The van der Waals surface area contributed by atoms with Crippen molar-refractivity contribution in [2.75, 3.05) is 11.9 Å². The standard InChI is InChI=1S/C14H12BrClF2N2/c15-11-4-2-9(6-12(11)16)20-14(7-19)10-3-1-8(17)5-13(10)18/h1-6,14,20H,7,19H2. The van der Waals surface area contributed by atoms with Gasteiger partial charge in [0.1, 0.15) is 11.6 Å². The molecular weight excluding hydrogens is 350 g/mol. The first-order valence-corrected chi connectivity index (χ1v) is 7.05. The molecule has 0 spiro atoms. The molecule has 0 saturated heterocycles. The van der Waals surface area contributed by atoms with E-state index in [1.165, 1.54) is 12.1 Å². The zero-order chi connectivity index (χ0) is 14.7. The largest absolute Gasteiger partial charge is 0.377 e. The monoisotopic (exact) mass is 360 g/mol. The number of halogens is 4. The van der Waals surface area contributed by atoms with Gasteiger partial charge in [0.05, 0.1) is 11.1 Å². The van der Waals surface area contributed by atoms with Gasteiger partial charge in [-0.05, 0) is 40.2 Å². The molecule has 0 bridgehead atoms. The molecule has 106 valence electrons. The predicted octanol–water partition coefficient (Wildman–Crippen LogP) is 4.49. The molecule has 2 aromatic carbocycles. The van der Waals surface area contributed by atoms with Gasteiger partial charge in [-0.1, -0.05) is 17.7 Å². The molecule has 2 rings (SSSR count). The van der Waals surface area contributed by atoms with E-state index in [2.05, 4.69) is 21.2 Å². The van der Waals surface area contributed by atoms with E-state index in [9.17, 15) is 8.78 Å². The molecule has 0 aromatic heterocycles. The fourth-order valence-corrected chi connectivity index (χ4v) is 2.26. The lowest BCUT2D eigenvalue weighted by Crippen LogP contribution is -2.21. The number of hydrogen-bond acceptors (Lipinski definition) is 2. The van der Waals surface area contributed by atoms with Gasteiger partial charge in [-0.2, -0.15) is 0 Å². The Morgan fingerprint density at radius 2 is 1.95 bits per heavy atom. The Labute approximate surface area is 129 Å². The van der Waals surface area contributed by atoms with Gasteiger partial charge in [-0.25, -0.2) is 8.78 Å². The highest BCUT2D eigenvalue weighted by Crippen LogP contribution is 2.28. The summed E-state index contributed by atoms with van der Waals surface area (Å²) in [5, 5.41) is 3.61. The SMILES string of the molecule is NCC(Nc1ccc(Br)c(Cl)c1)c1ccc(F)cc1F. The Morgan fingerprint density at radius 1 is 1.20 bits per heavy atom. The van der Waals surface area contributed by atoms with Crippen LogP contribution in [-0.2, 0) is 0 Å². The number of benzene rings is 2. The first kappa shape index (κ1) is 15.2. The summed E-state index contributed by atoms with van der Waals surface area (Å²) in [6.07, 6.45) is 0. The molecule has 0 heterocycles. The molecule has 1 atom stereocenters. The van der Waals surface area contributed by atoms with Crippen molar-refractivity contribution in [2.24, 2.45) is 5.73 Å². The molecule has 0 amide bonds. The van der Waals surface area contributed by atoms with E-state index in [1.54, 1.807) is 18.2 Å². The summed E-state index contributed by atoms with van der Waals surface area (Å²) in [6, 6.07) is 8.24. The molecule has 0 fully saturated rings. The van der Waals surface area contributed by atoms with Crippen LogP contribution < -0.4 is 11.1 Å². The van der Waals surface area contributed by atoms with Crippen molar-refractivity contribution in [3.8, 4) is 0 Å². The average molecular weight is 362 g/mol. The maximum Gasteiger partial charge on any atom is 0.131 e. The third-order valence-electron chi connectivity index (χ3n) is 2.83. The average Bonchev–Trinajstić information content (AvgIpc) is 2.41. The van der Waals surface area contributed by atoms with Crippen LogP contribution in [0.2, 0.25) is 5.02 Å². The minimum absolute atomic E-state index is 0.163. The minimum atomic E-state index is -0.629. The first-order chi connectivity index (χ1) is 9.51. The van der Waals surface area contributed by atoms with Gasteiger partial charge >= 0.3 is 0 Å². The quantitative estimate of drug-likeness (QED) is 0.842. The van der Waals surface area contributed by atoms with E-state index >= 15 is 0 Å². The van der Waals surface area contributed by atoms with Crippen LogP contribution in [-0.4, -0.2) is 6.54 Å². The summed E-state index contributed by atoms with van der Waals surface area (Å²) in [6.45, 7) is 0.163. The summed E-state index contributed by atoms with van der Waals surface area (Å²) >= 11 is 9.29. The third-order valence-corrected chi connectivity index (χ3v) is 4.07. The van der Waals surface area contributed by atoms with Crippen LogP contribution in [0.1, 0.15) is 11.6 Å². The van der Waals surface area contributed by atoms with Gasteiger partial charge in [0, 0.05) is 28.3 Å². The molecular formula is C14H12BrClF2N2. The highest BCUT2D eigenvalue weighted by atomic mass is 79.9. The molecule has 0 aliphatic carbocycles. The van der Waals surface area contributed by atoms with Crippen molar-refractivity contribution in [3.05, 3.63) is 63.1 Å². The van der Waals surface area contributed by atoms with Gasteiger partial charge < -0.3 is 11.1 Å². The predicted molar refractivity (Wildman–Crippen MR) is 80.9 cm³/mol. The second-order valence-corrected chi connectivity index (χ2v) is 5.49. The van der Waals surface area contributed by atoms with Crippen LogP contribution in [0.15, 0.2) is 40.9 Å². The summed E-state index contributed by atoms with van der Waals surface area (Å²) in [5.74, 6) is -1.25. The van der Waals surface area contributed by atoms with Crippen molar-refractivity contribution in [1.29, 1.82) is 0 Å². The Hall–Kier alpha value is -1.17. The van der Waals surface area contributed by atoms with Gasteiger partial charge in [0.15, 0.2) is 0 Å². The molecule has 0 radical (unpaired) electrons. The van der Waals surface area contributed by atoms with Crippen LogP contribution in [0.5, 0.6) is 0 Å². The van der Waals surface area contributed by atoms with Crippen molar-refractivity contribution in [2.45, 2.75) is 6.04 Å². The molecule has 6 heteroatoms. The maximum absolute atomic E-state index is 13.8. The van der Waals surface area contributed by atoms with Crippen LogP contribution in [0.25, 0.3) is 0 Å². The molecule has 0 aliphatic heterocycles. The highest BCUT2D eigenvalue weighted by Gasteiger charge is 2.15. The van der Waals surface area contributed by atoms with Gasteiger partial charge in [0.25, 0.3) is 0 Å². The Balaban J connectivity index is 2.26. The van der Waals surface area contributed by atoms with Crippen LogP contribution in [0, 0.1) is 11.6 Å². The molecule has 3 N–H and O–H groups in total. The second-order valence-electron chi connectivity index (χ2n) is 4.23. The lowest BCUT2D eigenvalue weighted by molar-refractivity contribution is 0.562. The van der Waals surface area contributed by atoms with Gasteiger partial charge in [-0.15, -0.1) is 0 Å². The summed E-state index contributed by atoms with van der Waals surface area (Å²) in [5.41, 5.74) is 6.68. The lowest BCUT2D eigenvalue weighted by Gasteiger charge is -2.19. The molecule has 2 aromatic rings. The Kier molecular flexibility index (Phi) is 4.96. The number of nitrogens with two attached hydrogens (primary N) is 1. The minimum Gasteiger partial charge on any atom is -0.377 e. The van der Waals surface area contributed by atoms with E-state index < -0.39 is 17.7 Å². The van der Waals surface area contributed by atoms with E-state index in [0.717, 1.165) is 10.5 Å². The zero-order valence-electron chi connectivity index (χ0n) is 10.3. The first-order valence-electron chi connectivity index (χ1n) is 5.88. The van der Waals surface area contributed by atoms with Crippen molar-refractivity contribution in [3.63, 3.8) is 0 Å².